The quantitative estimate of drug-likeness (QED) is 0.688. The van der Waals surface area contributed by atoms with E-state index in [9.17, 15) is 4.79 Å². The van der Waals surface area contributed by atoms with Gasteiger partial charge in [0.2, 0.25) is 0 Å². The number of carbonyl (C=O) groups excluding carboxylic acids is 1. The molecule has 2 N–H and O–H groups in total. The summed E-state index contributed by atoms with van der Waals surface area (Å²) in [6, 6.07) is 5.38. The van der Waals surface area contributed by atoms with E-state index in [-0.39, 0.29) is 5.91 Å². The van der Waals surface area contributed by atoms with Crippen molar-refractivity contribution in [3.05, 3.63) is 28.8 Å². The van der Waals surface area contributed by atoms with Gasteiger partial charge in [0.25, 0.3) is 5.91 Å². The van der Waals surface area contributed by atoms with Crippen LogP contribution >= 0.6 is 11.6 Å². The molecule has 0 aromatic heterocycles. The summed E-state index contributed by atoms with van der Waals surface area (Å²) in [5.41, 5.74) is 1.45. The molecule has 5 heteroatoms. The van der Waals surface area contributed by atoms with E-state index < -0.39 is 0 Å². The molecule has 4 nitrogen and oxygen atoms in total. The number of anilines is 1. The number of nitrogens with zero attached hydrogens (tertiary/aromatic N) is 1. The van der Waals surface area contributed by atoms with Crippen molar-refractivity contribution >= 4 is 23.2 Å². The molecule has 0 bridgehead atoms. The summed E-state index contributed by atoms with van der Waals surface area (Å²) in [5.74, 6) is -0.0686. The van der Waals surface area contributed by atoms with Gasteiger partial charge in [-0.05, 0) is 58.1 Å². The highest BCUT2D eigenvalue weighted by Crippen LogP contribution is 2.20. The maximum atomic E-state index is 12.3. The number of halogens is 1. The molecule has 0 fully saturated rings. The summed E-state index contributed by atoms with van der Waals surface area (Å²) in [4.78, 5) is 14.4. The third-order valence-corrected chi connectivity index (χ3v) is 3.34. The van der Waals surface area contributed by atoms with Crippen LogP contribution in [-0.4, -0.2) is 44.5 Å². The summed E-state index contributed by atoms with van der Waals surface area (Å²) < 4.78 is 0. The summed E-state index contributed by atoms with van der Waals surface area (Å²) in [6.45, 7) is 4.65. The van der Waals surface area contributed by atoms with Crippen LogP contribution in [0.1, 0.15) is 36.5 Å². The molecule has 0 unspecified atom stereocenters. The predicted octanol–water partition coefficient (Wildman–Crippen LogP) is 3.23. The molecule has 1 aromatic carbocycles. The van der Waals surface area contributed by atoms with E-state index in [1.54, 1.807) is 12.1 Å². The second kappa shape index (κ2) is 9.64. The first-order valence-electron chi connectivity index (χ1n) is 7.51. The van der Waals surface area contributed by atoms with Gasteiger partial charge < -0.3 is 15.5 Å². The first-order chi connectivity index (χ1) is 10.0. The first kappa shape index (κ1) is 17.8. The Morgan fingerprint density at radius 1 is 1.24 bits per heavy atom. The molecule has 0 spiro atoms. The molecule has 118 valence electrons. The maximum absolute atomic E-state index is 12.3. The van der Waals surface area contributed by atoms with Crippen LogP contribution in [0, 0.1) is 0 Å². The fourth-order valence-electron chi connectivity index (χ4n) is 1.97. The summed E-state index contributed by atoms with van der Waals surface area (Å²) in [5, 5.41) is 6.80. The molecule has 0 atom stereocenters. The minimum atomic E-state index is -0.0686. The minimum Gasteiger partial charge on any atom is -0.384 e. The van der Waals surface area contributed by atoms with Gasteiger partial charge in [-0.2, -0.15) is 0 Å². The van der Waals surface area contributed by atoms with E-state index in [1.165, 1.54) is 0 Å². The van der Waals surface area contributed by atoms with Crippen LogP contribution in [0.25, 0.3) is 0 Å². The highest BCUT2D eigenvalue weighted by atomic mass is 35.5. The van der Waals surface area contributed by atoms with Crippen molar-refractivity contribution in [2.24, 2.45) is 0 Å². The Hall–Kier alpha value is -1.26. The Morgan fingerprint density at radius 3 is 2.67 bits per heavy atom. The average Bonchev–Trinajstić information content (AvgIpc) is 2.45. The zero-order valence-corrected chi connectivity index (χ0v) is 14.0. The van der Waals surface area contributed by atoms with E-state index in [1.807, 2.05) is 6.07 Å². The van der Waals surface area contributed by atoms with Crippen LogP contribution in [0.5, 0.6) is 0 Å². The Labute approximate surface area is 132 Å². The van der Waals surface area contributed by atoms with Gasteiger partial charge >= 0.3 is 0 Å². The van der Waals surface area contributed by atoms with Crippen molar-refractivity contribution in [1.82, 2.24) is 10.2 Å². The number of carbonyl (C=O) groups is 1. The van der Waals surface area contributed by atoms with Gasteiger partial charge in [-0.25, -0.2) is 0 Å². The zero-order valence-electron chi connectivity index (χ0n) is 13.2. The Balaban J connectivity index is 2.53. The SMILES string of the molecule is CCCNc1ccc(Cl)cc1C(=O)NCCCCN(C)C. The summed E-state index contributed by atoms with van der Waals surface area (Å²) in [6.07, 6.45) is 3.06. The average molecular weight is 312 g/mol. The van der Waals surface area contributed by atoms with Gasteiger partial charge in [-0.1, -0.05) is 18.5 Å². The van der Waals surface area contributed by atoms with Gasteiger partial charge in [-0.15, -0.1) is 0 Å². The molecule has 1 amide bonds. The number of hydrogen-bond donors (Lipinski definition) is 2. The molecular weight excluding hydrogens is 286 g/mol. The second-order valence-electron chi connectivity index (χ2n) is 5.38. The van der Waals surface area contributed by atoms with Crippen LogP contribution < -0.4 is 10.6 Å². The first-order valence-corrected chi connectivity index (χ1v) is 7.88. The van der Waals surface area contributed by atoms with Gasteiger partial charge in [0, 0.05) is 23.8 Å². The number of amides is 1. The minimum absolute atomic E-state index is 0.0686. The molecule has 0 saturated heterocycles. The van der Waals surface area contributed by atoms with E-state index in [0.29, 0.717) is 17.1 Å². The van der Waals surface area contributed by atoms with Crippen molar-refractivity contribution in [3.8, 4) is 0 Å². The maximum Gasteiger partial charge on any atom is 0.253 e. The van der Waals surface area contributed by atoms with Gasteiger partial charge in [-0.3, -0.25) is 4.79 Å². The third-order valence-electron chi connectivity index (χ3n) is 3.11. The van der Waals surface area contributed by atoms with Crippen molar-refractivity contribution in [2.75, 3.05) is 39.0 Å². The fourth-order valence-corrected chi connectivity index (χ4v) is 2.14. The summed E-state index contributed by atoms with van der Waals surface area (Å²) in [7, 11) is 4.10. The van der Waals surface area contributed by atoms with E-state index in [0.717, 1.165) is 38.0 Å². The molecular formula is C16H26ClN3O. The normalized spacial score (nSPS) is 10.7. The number of unbranched alkanes of at least 4 members (excludes halogenated alkanes) is 1. The van der Waals surface area contributed by atoms with E-state index in [2.05, 4.69) is 36.6 Å². The smallest absolute Gasteiger partial charge is 0.253 e. The molecule has 0 aliphatic rings. The van der Waals surface area contributed by atoms with Gasteiger partial charge in [0.1, 0.15) is 0 Å². The summed E-state index contributed by atoms with van der Waals surface area (Å²) >= 11 is 6.00. The standard InChI is InChI=1S/C16H26ClN3O/c1-4-9-18-15-8-7-13(17)12-14(15)16(21)19-10-5-6-11-20(2)3/h7-8,12,18H,4-6,9-11H2,1-3H3,(H,19,21). The van der Waals surface area contributed by atoms with Crippen LogP contribution in [0.3, 0.4) is 0 Å². The topological polar surface area (TPSA) is 44.4 Å². The predicted molar refractivity (Wildman–Crippen MR) is 90.4 cm³/mol. The highest BCUT2D eigenvalue weighted by Gasteiger charge is 2.11. The molecule has 0 saturated carbocycles. The Bertz CT molecular complexity index is 449. The van der Waals surface area contributed by atoms with Crippen LogP contribution in [-0.2, 0) is 0 Å². The number of nitrogens with one attached hydrogen (secondary N) is 2. The van der Waals surface area contributed by atoms with E-state index in [4.69, 9.17) is 11.6 Å². The number of hydrogen-bond acceptors (Lipinski definition) is 3. The zero-order chi connectivity index (χ0) is 15.7. The lowest BCUT2D eigenvalue weighted by Gasteiger charge is -2.13. The van der Waals surface area contributed by atoms with Crippen LogP contribution in [0.4, 0.5) is 5.69 Å². The largest absolute Gasteiger partial charge is 0.384 e. The molecule has 0 aliphatic heterocycles. The highest BCUT2D eigenvalue weighted by molar-refractivity contribution is 6.31. The lowest BCUT2D eigenvalue weighted by atomic mass is 10.1. The number of benzene rings is 1. The van der Waals surface area contributed by atoms with Crippen molar-refractivity contribution in [2.45, 2.75) is 26.2 Å². The molecule has 1 rings (SSSR count). The molecule has 0 radical (unpaired) electrons. The van der Waals surface area contributed by atoms with Crippen molar-refractivity contribution < 1.29 is 4.79 Å². The molecule has 21 heavy (non-hydrogen) atoms. The molecule has 0 aliphatic carbocycles. The molecule has 0 heterocycles. The number of rotatable bonds is 9. The van der Waals surface area contributed by atoms with Crippen LogP contribution in [0.2, 0.25) is 5.02 Å². The van der Waals surface area contributed by atoms with E-state index >= 15 is 0 Å². The van der Waals surface area contributed by atoms with Gasteiger partial charge in [0.05, 0.1) is 5.56 Å². The van der Waals surface area contributed by atoms with Crippen molar-refractivity contribution in [1.29, 1.82) is 0 Å². The fraction of sp³-hybridized carbons (Fsp3) is 0.562. The Kier molecular flexibility index (Phi) is 8.16. The second-order valence-corrected chi connectivity index (χ2v) is 5.82. The molecule has 1 aromatic rings. The lowest BCUT2D eigenvalue weighted by molar-refractivity contribution is 0.0953. The van der Waals surface area contributed by atoms with Crippen LogP contribution in [0.15, 0.2) is 18.2 Å². The third kappa shape index (κ3) is 6.82. The van der Waals surface area contributed by atoms with Crippen molar-refractivity contribution in [3.63, 3.8) is 0 Å². The Morgan fingerprint density at radius 2 is 2.00 bits per heavy atom. The van der Waals surface area contributed by atoms with Gasteiger partial charge in [0.15, 0.2) is 0 Å². The monoisotopic (exact) mass is 311 g/mol. The lowest BCUT2D eigenvalue weighted by Crippen LogP contribution is -2.26.